The Labute approximate surface area is 156 Å². The molecule has 0 fully saturated rings. The molecule has 0 bridgehead atoms. The van der Waals surface area contributed by atoms with Crippen molar-refractivity contribution in [3.05, 3.63) is 45.3 Å². The van der Waals surface area contributed by atoms with Crippen LogP contribution in [0.3, 0.4) is 0 Å². The van der Waals surface area contributed by atoms with Crippen molar-refractivity contribution in [2.45, 2.75) is 17.7 Å². The number of rotatable bonds is 6. The Morgan fingerprint density at radius 2 is 2.16 bits per heavy atom. The minimum absolute atomic E-state index is 0.00606. The van der Waals surface area contributed by atoms with Crippen LogP contribution in [0.25, 0.3) is 0 Å². The van der Waals surface area contributed by atoms with E-state index in [9.17, 15) is 8.42 Å². The van der Waals surface area contributed by atoms with Crippen LogP contribution in [-0.2, 0) is 16.6 Å². The monoisotopic (exact) mass is 420 g/mol. The second kappa shape index (κ2) is 7.16. The zero-order chi connectivity index (χ0) is 18.0. The highest BCUT2D eigenvalue weighted by atomic mass is 35.5. The van der Waals surface area contributed by atoms with E-state index in [1.165, 1.54) is 18.3 Å². The van der Waals surface area contributed by atoms with Crippen molar-refractivity contribution >= 4 is 50.4 Å². The summed E-state index contributed by atoms with van der Waals surface area (Å²) in [5.41, 5.74) is 0.521. The highest BCUT2D eigenvalue weighted by molar-refractivity contribution is 7.94. The molecule has 3 rings (SSSR count). The van der Waals surface area contributed by atoms with Crippen LogP contribution >= 0.6 is 34.5 Å². The molecule has 0 saturated carbocycles. The molecule has 3 heterocycles. The molecule has 0 amide bonds. The Bertz CT molecular complexity index is 1000. The second-order valence-electron chi connectivity index (χ2n) is 4.73. The fourth-order valence-corrected chi connectivity index (χ4v) is 4.39. The lowest BCUT2D eigenvalue weighted by atomic mass is 10.4. The van der Waals surface area contributed by atoms with Gasteiger partial charge in [0.1, 0.15) is 27.4 Å². The fourth-order valence-electron chi connectivity index (χ4n) is 1.78. The number of hydrogen-bond donors (Lipinski definition) is 1. The van der Waals surface area contributed by atoms with Gasteiger partial charge in [-0.1, -0.05) is 28.4 Å². The lowest BCUT2D eigenvalue weighted by molar-refractivity contribution is 0.278. The van der Waals surface area contributed by atoms with Gasteiger partial charge in [0.15, 0.2) is 0 Å². The van der Waals surface area contributed by atoms with Gasteiger partial charge in [-0.05, 0) is 19.1 Å². The van der Waals surface area contributed by atoms with Crippen LogP contribution in [0.5, 0.6) is 5.88 Å². The number of ether oxygens (including phenoxy) is 1. The van der Waals surface area contributed by atoms with Crippen molar-refractivity contribution in [2.24, 2.45) is 0 Å². The number of aryl methyl sites for hydroxylation is 1. The molecule has 0 aliphatic rings. The summed E-state index contributed by atoms with van der Waals surface area (Å²) in [6.07, 6.45) is 1.24. The van der Waals surface area contributed by atoms with Gasteiger partial charge in [-0.3, -0.25) is 4.72 Å². The molecule has 12 heteroatoms. The maximum atomic E-state index is 12.4. The van der Waals surface area contributed by atoms with Gasteiger partial charge in [-0.2, -0.15) is 0 Å². The molecule has 0 spiro atoms. The van der Waals surface area contributed by atoms with E-state index in [1.807, 2.05) is 0 Å². The lowest BCUT2D eigenvalue weighted by Crippen LogP contribution is -2.14. The van der Waals surface area contributed by atoms with Crippen LogP contribution in [0.15, 0.2) is 33.1 Å². The summed E-state index contributed by atoms with van der Waals surface area (Å²) in [6, 6.07) is 4.54. The predicted octanol–water partition coefficient (Wildman–Crippen LogP) is 3.52. The smallest absolute Gasteiger partial charge is 0.272 e. The van der Waals surface area contributed by atoms with Gasteiger partial charge >= 0.3 is 0 Å². The standard InChI is InChI=1S/C13H10Cl2N4O4S2/c1-7-4-8(18-23-7)6-22-13-12(17-9(14)5-16-13)19-25(20,21)11-3-2-10(15)24-11/h2-5H,6H2,1H3,(H,17,19). The topological polar surface area (TPSA) is 107 Å². The Morgan fingerprint density at radius 1 is 1.36 bits per heavy atom. The van der Waals surface area contributed by atoms with Gasteiger partial charge in [0.05, 0.1) is 10.5 Å². The number of halogens is 2. The summed E-state index contributed by atoms with van der Waals surface area (Å²) in [4.78, 5) is 7.88. The van der Waals surface area contributed by atoms with Gasteiger partial charge in [-0.15, -0.1) is 11.3 Å². The van der Waals surface area contributed by atoms with Crippen molar-refractivity contribution < 1.29 is 17.7 Å². The summed E-state index contributed by atoms with van der Waals surface area (Å²) in [5, 5.41) is 3.78. The third kappa shape index (κ3) is 4.40. The molecule has 1 N–H and O–H groups in total. The molecule has 0 aliphatic carbocycles. The minimum atomic E-state index is -3.90. The molecule has 3 aromatic rings. The molecule has 0 unspecified atom stereocenters. The normalized spacial score (nSPS) is 11.5. The number of aromatic nitrogens is 3. The fraction of sp³-hybridized carbons (Fsp3) is 0.154. The SMILES string of the molecule is Cc1cc(COc2ncc(Cl)nc2NS(=O)(=O)c2ccc(Cl)s2)no1. The molecular weight excluding hydrogens is 411 g/mol. The van der Waals surface area contributed by atoms with Crippen LogP contribution in [0, 0.1) is 6.92 Å². The van der Waals surface area contributed by atoms with E-state index in [0.29, 0.717) is 15.8 Å². The first-order chi connectivity index (χ1) is 11.8. The van der Waals surface area contributed by atoms with Gasteiger partial charge in [-0.25, -0.2) is 18.4 Å². The average molecular weight is 421 g/mol. The number of nitrogens with zero attached hydrogens (tertiary/aromatic N) is 3. The minimum Gasteiger partial charge on any atom is -0.468 e. The Morgan fingerprint density at radius 3 is 2.80 bits per heavy atom. The average Bonchev–Trinajstić information content (AvgIpc) is 3.15. The number of nitrogens with one attached hydrogen (secondary N) is 1. The maximum Gasteiger partial charge on any atom is 0.272 e. The summed E-state index contributed by atoms with van der Waals surface area (Å²) in [7, 11) is -3.90. The van der Waals surface area contributed by atoms with E-state index < -0.39 is 10.0 Å². The second-order valence-corrected chi connectivity index (χ2v) is 8.74. The van der Waals surface area contributed by atoms with Crippen molar-refractivity contribution in [3.63, 3.8) is 0 Å². The van der Waals surface area contributed by atoms with E-state index in [-0.39, 0.29) is 27.7 Å². The van der Waals surface area contributed by atoms with Crippen molar-refractivity contribution in [1.82, 2.24) is 15.1 Å². The highest BCUT2D eigenvalue weighted by Crippen LogP contribution is 2.29. The van der Waals surface area contributed by atoms with E-state index in [0.717, 1.165) is 11.3 Å². The zero-order valence-electron chi connectivity index (χ0n) is 12.6. The molecule has 0 radical (unpaired) electrons. The molecule has 0 aromatic carbocycles. The number of thiophene rings is 1. The molecule has 8 nitrogen and oxygen atoms in total. The molecule has 132 valence electrons. The first-order valence-electron chi connectivity index (χ1n) is 6.69. The Kier molecular flexibility index (Phi) is 5.13. The largest absolute Gasteiger partial charge is 0.468 e. The van der Waals surface area contributed by atoms with Crippen LogP contribution in [0.2, 0.25) is 9.49 Å². The maximum absolute atomic E-state index is 12.4. The first-order valence-corrected chi connectivity index (χ1v) is 9.75. The summed E-state index contributed by atoms with van der Waals surface area (Å²) in [6.45, 7) is 1.76. The van der Waals surface area contributed by atoms with Gasteiger partial charge < -0.3 is 9.26 Å². The van der Waals surface area contributed by atoms with Crippen LogP contribution in [0.1, 0.15) is 11.5 Å². The Hall–Kier alpha value is -1.88. The van der Waals surface area contributed by atoms with Gasteiger partial charge in [0.25, 0.3) is 15.9 Å². The number of hydrogen-bond acceptors (Lipinski definition) is 8. The molecule has 0 atom stereocenters. The molecular formula is C13H10Cl2N4O4S2. The number of anilines is 1. The van der Waals surface area contributed by atoms with Gasteiger partial charge in [0.2, 0.25) is 5.82 Å². The summed E-state index contributed by atoms with van der Waals surface area (Å²) < 4.78 is 37.9. The highest BCUT2D eigenvalue weighted by Gasteiger charge is 2.21. The van der Waals surface area contributed by atoms with E-state index in [1.54, 1.807) is 13.0 Å². The van der Waals surface area contributed by atoms with E-state index in [2.05, 4.69) is 19.8 Å². The Balaban J connectivity index is 1.83. The molecule has 0 saturated heterocycles. The van der Waals surface area contributed by atoms with E-state index in [4.69, 9.17) is 32.5 Å². The number of sulfonamides is 1. The lowest BCUT2D eigenvalue weighted by Gasteiger charge is -2.10. The first kappa shape index (κ1) is 17.9. The third-order valence-corrected chi connectivity index (χ3v) is 6.03. The van der Waals surface area contributed by atoms with Crippen molar-refractivity contribution in [2.75, 3.05) is 4.72 Å². The van der Waals surface area contributed by atoms with Crippen molar-refractivity contribution in [3.8, 4) is 5.88 Å². The van der Waals surface area contributed by atoms with E-state index >= 15 is 0 Å². The van der Waals surface area contributed by atoms with Gasteiger partial charge in [0, 0.05) is 6.07 Å². The quantitative estimate of drug-likeness (QED) is 0.649. The summed E-state index contributed by atoms with van der Waals surface area (Å²) >= 11 is 12.5. The van der Waals surface area contributed by atoms with Crippen LogP contribution in [0.4, 0.5) is 5.82 Å². The zero-order valence-corrected chi connectivity index (χ0v) is 15.7. The predicted molar refractivity (Wildman–Crippen MR) is 92.8 cm³/mol. The molecule has 3 aromatic heterocycles. The van der Waals surface area contributed by atoms with Crippen LogP contribution < -0.4 is 9.46 Å². The van der Waals surface area contributed by atoms with Crippen LogP contribution in [-0.4, -0.2) is 23.5 Å². The molecule has 0 aliphatic heterocycles. The van der Waals surface area contributed by atoms with Crippen molar-refractivity contribution in [1.29, 1.82) is 0 Å². The summed E-state index contributed by atoms with van der Waals surface area (Å²) in [5.74, 6) is 0.435. The third-order valence-electron chi connectivity index (χ3n) is 2.79. The molecule has 25 heavy (non-hydrogen) atoms.